The van der Waals surface area contributed by atoms with E-state index in [1.54, 1.807) is 12.4 Å². The molecule has 0 saturated carbocycles. The highest BCUT2D eigenvalue weighted by molar-refractivity contribution is 5.24. The first-order chi connectivity index (χ1) is 9.54. The van der Waals surface area contributed by atoms with Crippen LogP contribution in [0.1, 0.15) is 30.8 Å². The number of hydrogen-bond donors (Lipinski definition) is 1. The van der Waals surface area contributed by atoms with Gasteiger partial charge in [-0.2, -0.15) is 4.98 Å². The third-order valence-electron chi connectivity index (χ3n) is 2.85. The predicted molar refractivity (Wildman–Crippen MR) is 77.8 cm³/mol. The predicted octanol–water partition coefficient (Wildman–Crippen LogP) is 2.78. The number of ether oxygens (including phenoxy) is 1. The maximum absolute atomic E-state index is 5.59. The Morgan fingerprint density at radius 1 is 1.15 bits per heavy atom. The van der Waals surface area contributed by atoms with Crippen molar-refractivity contribution >= 4 is 0 Å². The van der Waals surface area contributed by atoms with Crippen LogP contribution in [0.15, 0.2) is 24.5 Å². The summed E-state index contributed by atoms with van der Waals surface area (Å²) in [6.07, 6.45) is 3.47. The number of nitrogens with one attached hydrogen (secondary N) is 1. The zero-order valence-electron chi connectivity index (χ0n) is 12.3. The molecule has 106 valence electrons. The van der Waals surface area contributed by atoms with Crippen LogP contribution in [0, 0.1) is 13.8 Å². The molecule has 0 aliphatic carbocycles. The lowest BCUT2D eigenvalue weighted by Gasteiger charge is -2.10. The van der Waals surface area contributed by atoms with Crippen LogP contribution in [0.2, 0.25) is 0 Å². The van der Waals surface area contributed by atoms with Crippen LogP contribution in [-0.2, 0) is 6.54 Å². The fraction of sp³-hybridized carbons (Fsp3) is 0.400. The zero-order chi connectivity index (χ0) is 14.5. The molecule has 0 spiro atoms. The van der Waals surface area contributed by atoms with Gasteiger partial charge in [0.1, 0.15) is 5.75 Å². The topological polar surface area (TPSA) is 59.9 Å². The molecule has 0 aliphatic rings. The van der Waals surface area contributed by atoms with Crippen molar-refractivity contribution in [2.75, 3.05) is 0 Å². The van der Waals surface area contributed by atoms with E-state index in [1.165, 1.54) is 0 Å². The molecule has 0 atom stereocenters. The summed E-state index contributed by atoms with van der Waals surface area (Å²) in [4.78, 5) is 12.8. The Labute approximate surface area is 119 Å². The van der Waals surface area contributed by atoms with E-state index in [4.69, 9.17) is 4.74 Å². The summed E-state index contributed by atoms with van der Waals surface area (Å²) >= 11 is 0. The summed E-state index contributed by atoms with van der Waals surface area (Å²) in [7, 11) is 0. The fourth-order valence-corrected chi connectivity index (χ4v) is 1.63. The first kappa shape index (κ1) is 14.4. The lowest BCUT2D eigenvalue weighted by Crippen LogP contribution is -2.22. The fourth-order valence-electron chi connectivity index (χ4n) is 1.63. The van der Waals surface area contributed by atoms with Gasteiger partial charge in [-0.25, -0.2) is 4.98 Å². The lowest BCUT2D eigenvalue weighted by molar-refractivity contribution is 0.436. The van der Waals surface area contributed by atoms with E-state index in [9.17, 15) is 0 Å². The minimum atomic E-state index is 0.349. The number of hydrogen-bond acceptors (Lipinski definition) is 5. The van der Waals surface area contributed by atoms with Crippen LogP contribution in [-0.4, -0.2) is 21.0 Å². The van der Waals surface area contributed by atoms with Crippen LogP contribution in [0.5, 0.6) is 11.8 Å². The van der Waals surface area contributed by atoms with Gasteiger partial charge in [-0.3, -0.25) is 4.98 Å². The summed E-state index contributed by atoms with van der Waals surface area (Å²) in [5, 5.41) is 3.35. The average Bonchev–Trinajstić information content (AvgIpc) is 2.40. The second-order valence-electron chi connectivity index (χ2n) is 5.04. The van der Waals surface area contributed by atoms with Gasteiger partial charge in [0.15, 0.2) is 0 Å². The number of nitrogens with zero attached hydrogens (tertiary/aromatic N) is 3. The first-order valence-corrected chi connectivity index (χ1v) is 6.71. The quantitative estimate of drug-likeness (QED) is 0.907. The number of rotatable bonds is 5. The van der Waals surface area contributed by atoms with Gasteiger partial charge in [-0.05, 0) is 26.0 Å². The molecule has 0 aromatic carbocycles. The maximum Gasteiger partial charge on any atom is 0.322 e. The van der Waals surface area contributed by atoms with Crippen LogP contribution in [0.4, 0.5) is 0 Å². The van der Waals surface area contributed by atoms with Gasteiger partial charge in [-0.15, -0.1) is 0 Å². The largest absolute Gasteiger partial charge is 0.423 e. The van der Waals surface area contributed by atoms with Crippen molar-refractivity contribution in [1.82, 2.24) is 20.3 Å². The Morgan fingerprint density at radius 3 is 2.55 bits per heavy atom. The molecule has 5 nitrogen and oxygen atoms in total. The highest BCUT2D eigenvalue weighted by Crippen LogP contribution is 2.17. The molecule has 20 heavy (non-hydrogen) atoms. The molecule has 0 amide bonds. The molecule has 0 saturated heterocycles. The second-order valence-corrected chi connectivity index (χ2v) is 5.04. The molecule has 2 aromatic rings. The Morgan fingerprint density at radius 2 is 1.95 bits per heavy atom. The van der Waals surface area contributed by atoms with E-state index >= 15 is 0 Å². The second kappa shape index (κ2) is 6.43. The van der Waals surface area contributed by atoms with Gasteiger partial charge >= 0.3 is 6.01 Å². The van der Waals surface area contributed by atoms with Crippen molar-refractivity contribution in [3.63, 3.8) is 0 Å². The lowest BCUT2D eigenvalue weighted by atomic mass is 10.2. The molecule has 2 rings (SSSR count). The smallest absolute Gasteiger partial charge is 0.322 e. The standard InChI is InChI=1S/C15H20N4O/c1-10(2)16-7-13-8-18-15(19-12(13)4)20-14-6-5-11(3)17-9-14/h5-6,8-10,16H,7H2,1-4H3. The minimum absolute atomic E-state index is 0.349. The van der Waals surface area contributed by atoms with Gasteiger partial charge in [0.2, 0.25) is 0 Å². The Hall–Kier alpha value is -2.01. The van der Waals surface area contributed by atoms with Crippen molar-refractivity contribution in [3.8, 4) is 11.8 Å². The van der Waals surface area contributed by atoms with E-state index in [2.05, 4.69) is 34.1 Å². The van der Waals surface area contributed by atoms with Crippen molar-refractivity contribution in [2.45, 2.75) is 40.3 Å². The third kappa shape index (κ3) is 3.99. The van der Waals surface area contributed by atoms with Crippen LogP contribution in [0.25, 0.3) is 0 Å². The van der Waals surface area contributed by atoms with Crippen molar-refractivity contribution < 1.29 is 4.74 Å². The summed E-state index contributed by atoms with van der Waals surface area (Å²) in [6, 6.07) is 4.53. The Balaban J connectivity index is 2.06. The van der Waals surface area contributed by atoms with E-state index in [0.29, 0.717) is 17.8 Å². The number of aryl methyl sites for hydroxylation is 2. The molecule has 5 heteroatoms. The SMILES string of the molecule is Cc1ccc(Oc2ncc(CNC(C)C)c(C)n2)cn1. The monoisotopic (exact) mass is 272 g/mol. The van der Waals surface area contributed by atoms with Crippen LogP contribution in [0.3, 0.4) is 0 Å². The van der Waals surface area contributed by atoms with Crippen LogP contribution < -0.4 is 10.1 Å². The highest BCUT2D eigenvalue weighted by atomic mass is 16.5. The molecule has 2 heterocycles. The van der Waals surface area contributed by atoms with Crippen LogP contribution >= 0.6 is 0 Å². The molecular weight excluding hydrogens is 252 g/mol. The van der Waals surface area contributed by atoms with Crippen molar-refractivity contribution in [2.24, 2.45) is 0 Å². The molecule has 1 N–H and O–H groups in total. The van der Waals surface area contributed by atoms with Gasteiger partial charge in [0.25, 0.3) is 0 Å². The number of pyridine rings is 1. The van der Waals surface area contributed by atoms with E-state index in [1.807, 2.05) is 26.0 Å². The van der Waals surface area contributed by atoms with Gasteiger partial charge in [-0.1, -0.05) is 13.8 Å². The van der Waals surface area contributed by atoms with Crippen molar-refractivity contribution in [1.29, 1.82) is 0 Å². The molecule has 0 aliphatic heterocycles. The Kier molecular flexibility index (Phi) is 4.63. The Bertz CT molecular complexity index is 567. The average molecular weight is 272 g/mol. The highest BCUT2D eigenvalue weighted by Gasteiger charge is 2.06. The van der Waals surface area contributed by atoms with E-state index < -0.39 is 0 Å². The number of aromatic nitrogens is 3. The molecule has 0 bridgehead atoms. The molecule has 0 unspecified atom stereocenters. The van der Waals surface area contributed by atoms with Crippen molar-refractivity contribution in [3.05, 3.63) is 41.5 Å². The van der Waals surface area contributed by atoms with E-state index in [0.717, 1.165) is 23.5 Å². The third-order valence-corrected chi connectivity index (χ3v) is 2.85. The maximum atomic E-state index is 5.59. The summed E-state index contributed by atoms with van der Waals surface area (Å²) in [6.45, 7) is 8.87. The van der Waals surface area contributed by atoms with Gasteiger partial charge < -0.3 is 10.1 Å². The summed E-state index contributed by atoms with van der Waals surface area (Å²) in [5.41, 5.74) is 2.95. The molecule has 0 radical (unpaired) electrons. The molecule has 0 fully saturated rings. The summed E-state index contributed by atoms with van der Waals surface area (Å²) < 4.78 is 5.59. The van der Waals surface area contributed by atoms with E-state index in [-0.39, 0.29) is 0 Å². The molecular formula is C15H20N4O. The van der Waals surface area contributed by atoms with Gasteiger partial charge in [0, 0.05) is 35.7 Å². The zero-order valence-corrected chi connectivity index (χ0v) is 12.3. The molecule has 2 aromatic heterocycles. The normalized spacial score (nSPS) is 10.8. The van der Waals surface area contributed by atoms with Gasteiger partial charge in [0.05, 0.1) is 6.20 Å². The summed E-state index contributed by atoms with van der Waals surface area (Å²) in [5.74, 6) is 0.642. The first-order valence-electron chi connectivity index (χ1n) is 6.71. The minimum Gasteiger partial charge on any atom is -0.423 e.